The van der Waals surface area contributed by atoms with Crippen LogP contribution in [-0.2, 0) is 0 Å². The number of rotatable bonds is 4. The van der Waals surface area contributed by atoms with Crippen molar-refractivity contribution in [3.63, 3.8) is 0 Å². The van der Waals surface area contributed by atoms with Gasteiger partial charge in [0.05, 0.1) is 10.5 Å². The Bertz CT molecular complexity index is 432. The summed E-state index contributed by atoms with van der Waals surface area (Å²) in [5, 5.41) is 10.6. The second-order valence-electron chi connectivity index (χ2n) is 3.11. The van der Waals surface area contributed by atoms with Gasteiger partial charge < -0.3 is 0 Å². The molecule has 0 aromatic heterocycles. The van der Waals surface area contributed by atoms with Crippen molar-refractivity contribution >= 4 is 11.5 Å². The molecule has 0 aliphatic rings. The van der Waals surface area contributed by atoms with Crippen LogP contribution in [0.15, 0.2) is 18.2 Å². The first kappa shape index (κ1) is 12.2. The normalized spacial score (nSPS) is 10.5. The molecule has 6 heteroatoms. The lowest BCUT2D eigenvalue weighted by atomic mass is 10.0. The second-order valence-corrected chi connectivity index (χ2v) is 3.11. The molecule has 0 atom stereocenters. The molecule has 0 amide bonds. The van der Waals surface area contributed by atoms with Crippen molar-refractivity contribution in [2.24, 2.45) is 0 Å². The van der Waals surface area contributed by atoms with Crippen molar-refractivity contribution in [1.29, 1.82) is 0 Å². The molecule has 0 saturated carbocycles. The Balaban J connectivity index is 3.28. The van der Waals surface area contributed by atoms with E-state index in [1.165, 1.54) is 6.07 Å². The number of nitro groups is 1. The van der Waals surface area contributed by atoms with Crippen LogP contribution in [0.5, 0.6) is 0 Å². The number of carbonyl (C=O) groups is 1. The molecule has 1 aromatic carbocycles. The first-order valence-electron chi connectivity index (χ1n) is 4.57. The van der Waals surface area contributed by atoms with Crippen LogP contribution in [-0.4, -0.2) is 10.7 Å². The Morgan fingerprint density at radius 3 is 2.56 bits per heavy atom. The van der Waals surface area contributed by atoms with Crippen LogP contribution in [0.4, 0.5) is 14.5 Å². The molecule has 0 saturated heterocycles. The van der Waals surface area contributed by atoms with Crippen LogP contribution in [0.25, 0.3) is 0 Å². The van der Waals surface area contributed by atoms with E-state index in [9.17, 15) is 23.7 Å². The number of ketones is 1. The van der Waals surface area contributed by atoms with E-state index in [-0.39, 0.29) is 17.8 Å². The summed E-state index contributed by atoms with van der Waals surface area (Å²) in [6, 6.07) is 3.00. The summed E-state index contributed by atoms with van der Waals surface area (Å²) in [7, 11) is 0. The van der Waals surface area contributed by atoms with Gasteiger partial charge >= 0.3 is 0 Å². The number of benzene rings is 1. The fourth-order valence-corrected chi connectivity index (χ4v) is 1.26. The molecular formula is C10H9F2NO3. The number of hydrogen-bond donors (Lipinski definition) is 0. The lowest BCUT2D eigenvalue weighted by molar-refractivity contribution is -0.386. The lowest BCUT2D eigenvalue weighted by Crippen LogP contribution is -2.01. The maximum atomic E-state index is 12.4. The molecule has 4 nitrogen and oxygen atoms in total. The summed E-state index contributed by atoms with van der Waals surface area (Å²) in [5.41, 5.74) is -1.30. The van der Waals surface area contributed by atoms with E-state index in [0.717, 1.165) is 12.1 Å². The Kier molecular flexibility index (Phi) is 3.65. The first-order chi connectivity index (χ1) is 7.47. The zero-order chi connectivity index (χ0) is 12.3. The van der Waals surface area contributed by atoms with Crippen molar-refractivity contribution in [1.82, 2.24) is 0 Å². The van der Waals surface area contributed by atoms with E-state index in [1.54, 1.807) is 6.92 Å². The van der Waals surface area contributed by atoms with Gasteiger partial charge in [0.1, 0.15) is 0 Å². The molecule has 0 fully saturated rings. The summed E-state index contributed by atoms with van der Waals surface area (Å²) in [6.45, 7) is 1.59. The Morgan fingerprint density at radius 2 is 2.12 bits per heavy atom. The zero-order valence-corrected chi connectivity index (χ0v) is 8.44. The van der Waals surface area contributed by atoms with Gasteiger partial charge in [-0.2, -0.15) is 0 Å². The van der Waals surface area contributed by atoms with Crippen LogP contribution in [0.1, 0.15) is 35.7 Å². The molecule has 16 heavy (non-hydrogen) atoms. The highest BCUT2D eigenvalue weighted by Crippen LogP contribution is 2.29. The van der Waals surface area contributed by atoms with Crippen molar-refractivity contribution in [3.8, 4) is 0 Å². The third-order valence-electron chi connectivity index (χ3n) is 2.11. The minimum atomic E-state index is -2.92. The van der Waals surface area contributed by atoms with Crippen molar-refractivity contribution < 1.29 is 18.5 Å². The lowest BCUT2D eigenvalue weighted by Gasteiger charge is -2.03. The highest BCUT2D eigenvalue weighted by molar-refractivity contribution is 5.96. The molecule has 1 rings (SSSR count). The van der Waals surface area contributed by atoms with Gasteiger partial charge in [0, 0.05) is 18.1 Å². The second kappa shape index (κ2) is 4.78. The predicted molar refractivity (Wildman–Crippen MR) is 52.7 cm³/mol. The summed E-state index contributed by atoms with van der Waals surface area (Å²) in [5.74, 6) is -0.316. The fourth-order valence-electron chi connectivity index (χ4n) is 1.26. The quantitative estimate of drug-likeness (QED) is 0.452. The molecule has 0 N–H and O–H groups in total. The monoisotopic (exact) mass is 229 g/mol. The summed E-state index contributed by atoms with van der Waals surface area (Å²) >= 11 is 0. The molecule has 86 valence electrons. The van der Waals surface area contributed by atoms with Crippen LogP contribution in [0.2, 0.25) is 0 Å². The number of alkyl halides is 2. The molecule has 0 spiro atoms. The van der Waals surface area contributed by atoms with Crippen LogP contribution in [0, 0.1) is 10.1 Å². The minimum Gasteiger partial charge on any atom is -0.294 e. The van der Waals surface area contributed by atoms with Crippen LogP contribution < -0.4 is 0 Å². The van der Waals surface area contributed by atoms with Gasteiger partial charge in [0.25, 0.3) is 12.1 Å². The van der Waals surface area contributed by atoms with Crippen LogP contribution >= 0.6 is 0 Å². The third kappa shape index (κ3) is 2.39. The van der Waals surface area contributed by atoms with E-state index in [1.807, 2.05) is 0 Å². The number of halogens is 2. The van der Waals surface area contributed by atoms with Gasteiger partial charge in [-0.1, -0.05) is 13.0 Å². The van der Waals surface area contributed by atoms with Gasteiger partial charge in [-0.25, -0.2) is 8.78 Å². The molecule has 0 unspecified atom stereocenters. The van der Waals surface area contributed by atoms with Gasteiger partial charge in [-0.15, -0.1) is 0 Å². The van der Waals surface area contributed by atoms with Crippen LogP contribution in [0.3, 0.4) is 0 Å². The van der Waals surface area contributed by atoms with Crippen molar-refractivity contribution in [3.05, 3.63) is 39.4 Å². The van der Waals surface area contributed by atoms with Gasteiger partial charge in [0.2, 0.25) is 0 Å². The van der Waals surface area contributed by atoms with Gasteiger partial charge in [0.15, 0.2) is 5.78 Å². The van der Waals surface area contributed by atoms with E-state index in [0.29, 0.717) is 0 Å². The van der Waals surface area contributed by atoms with E-state index >= 15 is 0 Å². The fraction of sp³-hybridized carbons (Fsp3) is 0.300. The van der Waals surface area contributed by atoms with E-state index < -0.39 is 22.6 Å². The molecule has 0 radical (unpaired) electrons. The Hall–Kier alpha value is -1.85. The van der Waals surface area contributed by atoms with Gasteiger partial charge in [-0.05, 0) is 6.07 Å². The standard InChI is InChI=1S/C10H9F2NO3/c1-2-9(14)6-3-4-7(10(11)12)8(5-6)13(15)16/h3-5,10H,2H2,1H3. The molecule has 0 bridgehead atoms. The Morgan fingerprint density at radius 1 is 1.50 bits per heavy atom. The maximum Gasteiger partial charge on any atom is 0.279 e. The highest BCUT2D eigenvalue weighted by Gasteiger charge is 2.22. The maximum absolute atomic E-state index is 12.4. The van der Waals surface area contributed by atoms with Crippen molar-refractivity contribution in [2.45, 2.75) is 19.8 Å². The SMILES string of the molecule is CCC(=O)c1ccc(C(F)F)c([N+](=O)[O-])c1. The van der Waals surface area contributed by atoms with Crippen molar-refractivity contribution in [2.75, 3.05) is 0 Å². The summed E-state index contributed by atoms with van der Waals surface area (Å²) < 4.78 is 24.8. The predicted octanol–water partition coefficient (Wildman–Crippen LogP) is 3.13. The van der Waals surface area contributed by atoms with E-state index in [4.69, 9.17) is 0 Å². The highest BCUT2D eigenvalue weighted by atomic mass is 19.3. The molecule has 1 aromatic rings. The number of hydrogen-bond acceptors (Lipinski definition) is 3. The first-order valence-corrected chi connectivity index (χ1v) is 4.57. The Labute approximate surface area is 90.0 Å². The largest absolute Gasteiger partial charge is 0.294 e. The molecule has 0 aliphatic carbocycles. The minimum absolute atomic E-state index is 0.0820. The van der Waals surface area contributed by atoms with Gasteiger partial charge in [-0.3, -0.25) is 14.9 Å². The topological polar surface area (TPSA) is 60.2 Å². The third-order valence-corrected chi connectivity index (χ3v) is 2.11. The molecule has 0 aliphatic heterocycles. The number of nitro benzene ring substituents is 1. The molecule has 0 heterocycles. The smallest absolute Gasteiger partial charge is 0.279 e. The summed E-state index contributed by atoms with van der Waals surface area (Å²) in [4.78, 5) is 20.9. The average Bonchev–Trinajstić information content (AvgIpc) is 2.26. The summed E-state index contributed by atoms with van der Waals surface area (Å²) in [6.07, 6.45) is -2.75. The van der Waals surface area contributed by atoms with E-state index in [2.05, 4.69) is 0 Å². The average molecular weight is 229 g/mol. The number of nitrogens with zero attached hydrogens (tertiary/aromatic N) is 1. The molecular weight excluding hydrogens is 220 g/mol. The zero-order valence-electron chi connectivity index (χ0n) is 8.44. The number of Topliss-reactive ketones (excluding diaryl/α,β-unsaturated/α-hetero) is 1. The number of carbonyl (C=O) groups excluding carboxylic acids is 1.